The number of anilines is 2. The van der Waals surface area contributed by atoms with E-state index in [9.17, 15) is 0 Å². The van der Waals surface area contributed by atoms with Crippen molar-refractivity contribution >= 4 is 28.7 Å². The van der Waals surface area contributed by atoms with E-state index in [-0.39, 0.29) is 0 Å². The Balaban J connectivity index is 1.89. The maximum Gasteiger partial charge on any atom is 0.189 e. The van der Waals surface area contributed by atoms with Crippen molar-refractivity contribution in [1.29, 1.82) is 0 Å². The predicted molar refractivity (Wildman–Crippen MR) is 91.9 cm³/mol. The zero-order chi connectivity index (χ0) is 15.2. The van der Waals surface area contributed by atoms with Crippen LogP contribution < -0.4 is 20.9 Å². The third kappa shape index (κ3) is 4.65. The molecule has 2 aromatic carbocycles. The van der Waals surface area contributed by atoms with E-state index in [1.807, 2.05) is 24.3 Å². The molecular formula is C16H19N3OS. The maximum absolute atomic E-state index is 5.25. The third-order valence-electron chi connectivity index (χ3n) is 2.89. The molecule has 0 aromatic heterocycles. The van der Waals surface area contributed by atoms with Gasteiger partial charge < -0.3 is 10.1 Å². The van der Waals surface area contributed by atoms with Gasteiger partial charge in [-0.3, -0.25) is 10.9 Å². The molecule has 0 aliphatic carbocycles. The third-order valence-corrected chi connectivity index (χ3v) is 3.09. The van der Waals surface area contributed by atoms with Crippen LogP contribution >= 0.6 is 12.2 Å². The zero-order valence-corrected chi connectivity index (χ0v) is 13.2. The lowest BCUT2D eigenvalue weighted by Crippen LogP contribution is -2.33. The summed E-state index contributed by atoms with van der Waals surface area (Å²) in [5.41, 5.74) is 10.3. The minimum Gasteiger partial charge on any atom is -0.497 e. The number of ether oxygens (including phenoxy) is 1. The van der Waals surface area contributed by atoms with Gasteiger partial charge in [-0.05, 0) is 73.6 Å². The molecule has 4 nitrogen and oxygen atoms in total. The fourth-order valence-electron chi connectivity index (χ4n) is 2.01. The van der Waals surface area contributed by atoms with E-state index in [0.717, 1.165) is 17.1 Å². The monoisotopic (exact) mass is 301 g/mol. The Morgan fingerprint density at radius 3 is 2.14 bits per heavy atom. The molecule has 0 saturated carbocycles. The molecular weight excluding hydrogens is 282 g/mol. The van der Waals surface area contributed by atoms with E-state index < -0.39 is 0 Å². The smallest absolute Gasteiger partial charge is 0.189 e. The van der Waals surface area contributed by atoms with Crippen molar-refractivity contribution in [3.63, 3.8) is 0 Å². The number of nitrogens with one attached hydrogen (secondary N) is 3. The summed E-state index contributed by atoms with van der Waals surface area (Å²) in [5, 5.41) is 3.59. The van der Waals surface area contributed by atoms with Gasteiger partial charge in [-0.15, -0.1) is 0 Å². The second-order valence-corrected chi connectivity index (χ2v) is 5.22. The van der Waals surface area contributed by atoms with Crippen molar-refractivity contribution < 1.29 is 4.74 Å². The van der Waals surface area contributed by atoms with Crippen LogP contribution in [0.4, 0.5) is 11.4 Å². The minimum absolute atomic E-state index is 0.499. The first kappa shape index (κ1) is 15.1. The summed E-state index contributed by atoms with van der Waals surface area (Å²) in [6.45, 7) is 4.12. The maximum atomic E-state index is 5.25. The fourth-order valence-corrected chi connectivity index (χ4v) is 2.18. The van der Waals surface area contributed by atoms with Crippen LogP contribution in [0.3, 0.4) is 0 Å². The molecule has 21 heavy (non-hydrogen) atoms. The van der Waals surface area contributed by atoms with Gasteiger partial charge in [0.1, 0.15) is 5.75 Å². The van der Waals surface area contributed by atoms with E-state index in [1.165, 1.54) is 11.1 Å². The Morgan fingerprint density at radius 1 is 0.952 bits per heavy atom. The SMILES string of the molecule is COc1ccc(NC(=S)NNc2cc(C)cc(C)c2)cc1. The van der Waals surface area contributed by atoms with Crippen LogP contribution in [0.15, 0.2) is 42.5 Å². The first-order chi connectivity index (χ1) is 10.1. The van der Waals surface area contributed by atoms with Crippen LogP contribution in [0.25, 0.3) is 0 Å². The molecule has 0 aliphatic rings. The van der Waals surface area contributed by atoms with Gasteiger partial charge in [-0.1, -0.05) is 6.07 Å². The Labute approximate surface area is 130 Å². The highest BCUT2D eigenvalue weighted by molar-refractivity contribution is 7.80. The molecule has 2 rings (SSSR count). The highest BCUT2D eigenvalue weighted by atomic mass is 32.1. The first-order valence-electron chi connectivity index (χ1n) is 6.62. The van der Waals surface area contributed by atoms with Crippen LogP contribution in [0.2, 0.25) is 0 Å². The number of hydrogen-bond acceptors (Lipinski definition) is 3. The van der Waals surface area contributed by atoms with Crippen molar-refractivity contribution in [2.45, 2.75) is 13.8 Å². The minimum atomic E-state index is 0.499. The molecule has 110 valence electrons. The number of thiocarbonyl (C=S) groups is 1. The van der Waals surface area contributed by atoms with Crippen molar-refractivity contribution in [3.05, 3.63) is 53.6 Å². The zero-order valence-electron chi connectivity index (χ0n) is 12.4. The summed E-state index contributed by atoms with van der Waals surface area (Å²) < 4.78 is 5.11. The lowest BCUT2D eigenvalue weighted by atomic mass is 10.1. The van der Waals surface area contributed by atoms with Crippen LogP contribution in [-0.4, -0.2) is 12.2 Å². The first-order valence-corrected chi connectivity index (χ1v) is 7.03. The normalized spacial score (nSPS) is 9.86. The number of benzene rings is 2. The summed E-state index contributed by atoms with van der Waals surface area (Å²) in [6.07, 6.45) is 0. The molecule has 0 radical (unpaired) electrons. The number of hydrazine groups is 1. The fraction of sp³-hybridized carbons (Fsp3) is 0.188. The largest absolute Gasteiger partial charge is 0.497 e. The standard InChI is InChI=1S/C16H19N3OS/c1-11-8-12(2)10-14(9-11)18-19-16(21)17-13-4-6-15(20-3)7-5-13/h4-10,18H,1-3H3,(H2,17,19,21). The molecule has 0 bridgehead atoms. The predicted octanol–water partition coefficient (Wildman–Crippen LogP) is 3.63. The Hall–Kier alpha value is -2.27. The second kappa shape index (κ2) is 6.95. The summed E-state index contributed by atoms with van der Waals surface area (Å²) in [7, 11) is 1.64. The molecule has 0 fully saturated rings. The number of rotatable bonds is 4. The molecule has 0 saturated heterocycles. The van der Waals surface area contributed by atoms with Crippen molar-refractivity contribution in [1.82, 2.24) is 5.43 Å². The quantitative estimate of drug-likeness (QED) is 0.594. The average Bonchev–Trinajstić information content (AvgIpc) is 2.45. The van der Waals surface area contributed by atoms with Crippen molar-refractivity contribution in [3.8, 4) is 5.75 Å². The van der Waals surface area contributed by atoms with E-state index in [2.05, 4.69) is 48.2 Å². The van der Waals surface area contributed by atoms with Crippen molar-refractivity contribution in [2.24, 2.45) is 0 Å². The van der Waals surface area contributed by atoms with Crippen LogP contribution in [0.5, 0.6) is 5.75 Å². The molecule has 0 amide bonds. The van der Waals surface area contributed by atoms with E-state index >= 15 is 0 Å². The molecule has 0 unspecified atom stereocenters. The molecule has 3 N–H and O–H groups in total. The van der Waals surface area contributed by atoms with Crippen LogP contribution in [-0.2, 0) is 0 Å². The van der Waals surface area contributed by atoms with Gasteiger partial charge in [0.05, 0.1) is 12.8 Å². The van der Waals surface area contributed by atoms with Gasteiger partial charge in [0.15, 0.2) is 5.11 Å². The lowest BCUT2D eigenvalue weighted by Gasteiger charge is -2.13. The molecule has 0 spiro atoms. The molecule has 0 heterocycles. The lowest BCUT2D eigenvalue weighted by molar-refractivity contribution is 0.415. The summed E-state index contributed by atoms with van der Waals surface area (Å²) in [4.78, 5) is 0. The summed E-state index contributed by atoms with van der Waals surface area (Å²) >= 11 is 5.25. The topological polar surface area (TPSA) is 45.3 Å². The number of aryl methyl sites for hydroxylation is 2. The van der Waals surface area contributed by atoms with Crippen LogP contribution in [0.1, 0.15) is 11.1 Å². The van der Waals surface area contributed by atoms with E-state index in [1.54, 1.807) is 7.11 Å². The van der Waals surface area contributed by atoms with Crippen LogP contribution in [0, 0.1) is 13.8 Å². The molecule has 0 aliphatic heterocycles. The van der Waals surface area contributed by atoms with Crippen molar-refractivity contribution in [2.75, 3.05) is 17.9 Å². The summed E-state index contributed by atoms with van der Waals surface area (Å²) in [6, 6.07) is 13.8. The highest BCUT2D eigenvalue weighted by Crippen LogP contribution is 2.15. The van der Waals surface area contributed by atoms with Gasteiger partial charge >= 0.3 is 0 Å². The van der Waals surface area contributed by atoms with Gasteiger partial charge in [0, 0.05) is 5.69 Å². The average molecular weight is 301 g/mol. The Bertz CT molecular complexity index is 606. The molecule has 0 atom stereocenters. The molecule has 2 aromatic rings. The van der Waals surface area contributed by atoms with E-state index in [4.69, 9.17) is 17.0 Å². The Morgan fingerprint density at radius 2 is 1.57 bits per heavy atom. The van der Waals surface area contributed by atoms with Gasteiger partial charge in [0.2, 0.25) is 0 Å². The van der Waals surface area contributed by atoms with E-state index in [0.29, 0.717) is 5.11 Å². The Kier molecular flexibility index (Phi) is 5.00. The highest BCUT2D eigenvalue weighted by Gasteiger charge is 1.99. The van der Waals surface area contributed by atoms with Gasteiger partial charge in [-0.25, -0.2) is 0 Å². The second-order valence-electron chi connectivity index (χ2n) is 4.81. The number of hydrogen-bond donors (Lipinski definition) is 3. The summed E-state index contributed by atoms with van der Waals surface area (Å²) in [5.74, 6) is 0.813. The molecule has 5 heteroatoms. The van der Waals surface area contributed by atoms with Gasteiger partial charge in [0.25, 0.3) is 0 Å². The van der Waals surface area contributed by atoms with Gasteiger partial charge in [-0.2, -0.15) is 0 Å². The number of methoxy groups -OCH3 is 1.